The number of H-pyrrole nitrogens is 1. The van der Waals surface area contributed by atoms with E-state index in [-0.39, 0.29) is 24.1 Å². The Hall–Kier alpha value is -3.48. The first-order valence-corrected chi connectivity index (χ1v) is 10.9. The molecular formula is C25H33N5O2. The van der Waals surface area contributed by atoms with E-state index in [9.17, 15) is 4.79 Å². The van der Waals surface area contributed by atoms with Crippen LogP contribution in [0.5, 0.6) is 5.75 Å². The van der Waals surface area contributed by atoms with Crippen LogP contribution in [0.25, 0.3) is 10.9 Å². The van der Waals surface area contributed by atoms with E-state index in [1.165, 1.54) is 0 Å². The molecule has 0 saturated heterocycles. The number of para-hydroxylation sites is 1. The summed E-state index contributed by atoms with van der Waals surface area (Å²) < 4.78 is 5.70. The molecule has 170 valence electrons. The summed E-state index contributed by atoms with van der Waals surface area (Å²) in [6.07, 6.45) is 0.116. The number of carbonyl (C=O) groups is 1. The predicted molar refractivity (Wildman–Crippen MR) is 131 cm³/mol. The molecule has 0 fully saturated rings. The van der Waals surface area contributed by atoms with Crippen molar-refractivity contribution in [3.05, 3.63) is 60.3 Å². The highest BCUT2D eigenvalue weighted by Gasteiger charge is 2.14. The molecule has 0 aliphatic rings. The van der Waals surface area contributed by atoms with E-state index < -0.39 is 0 Å². The third-order valence-electron chi connectivity index (χ3n) is 4.41. The standard InChI is InChI=1S/C25H33N5O2/c1-17(2)32-21-12-10-19(11-13-21)29-24(27-16-23(31)30-25(3,4)5)26-15-20-14-18-8-6-7-9-22(18)28-20/h6-14,17,28H,15-16H2,1-5H3,(H,30,31)(H2,26,27,29). The maximum Gasteiger partial charge on any atom is 0.239 e. The number of hydrogen-bond acceptors (Lipinski definition) is 3. The molecule has 0 bridgehead atoms. The first-order valence-electron chi connectivity index (χ1n) is 10.9. The van der Waals surface area contributed by atoms with E-state index in [0.29, 0.717) is 12.5 Å². The maximum absolute atomic E-state index is 12.3. The monoisotopic (exact) mass is 435 g/mol. The van der Waals surface area contributed by atoms with Crippen LogP contribution in [0.15, 0.2) is 59.6 Å². The van der Waals surface area contributed by atoms with Crippen LogP contribution in [0.2, 0.25) is 0 Å². The largest absolute Gasteiger partial charge is 0.491 e. The van der Waals surface area contributed by atoms with Crippen molar-refractivity contribution in [1.29, 1.82) is 0 Å². The molecule has 0 radical (unpaired) electrons. The van der Waals surface area contributed by atoms with Gasteiger partial charge in [0, 0.05) is 22.4 Å². The first-order chi connectivity index (χ1) is 15.2. The Bertz CT molecular complexity index is 1030. The highest BCUT2D eigenvalue weighted by Crippen LogP contribution is 2.18. The van der Waals surface area contributed by atoms with Gasteiger partial charge in [0.25, 0.3) is 0 Å². The zero-order chi connectivity index (χ0) is 23.1. The van der Waals surface area contributed by atoms with Crippen LogP contribution in [0.3, 0.4) is 0 Å². The van der Waals surface area contributed by atoms with Crippen molar-refractivity contribution < 1.29 is 9.53 Å². The fourth-order valence-corrected chi connectivity index (χ4v) is 3.17. The third kappa shape index (κ3) is 7.34. The predicted octanol–water partition coefficient (Wildman–Crippen LogP) is 4.43. The van der Waals surface area contributed by atoms with Gasteiger partial charge in [0.1, 0.15) is 5.75 Å². The number of benzene rings is 2. The number of nitrogens with one attached hydrogen (secondary N) is 4. The minimum Gasteiger partial charge on any atom is -0.491 e. The lowest BCUT2D eigenvalue weighted by Gasteiger charge is -2.21. The molecule has 4 N–H and O–H groups in total. The lowest BCUT2D eigenvalue weighted by Crippen LogP contribution is -2.46. The van der Waals surface area contributed by atoms with Gasteiger partial charge < -0.3 is 25.7 Å². The topological polar surface area (TPSA) is 90.5 Å². The van der Waals surface area contributed by atoms with Crippen LogP contribution in [0.1, 0.15) is 40.3 Å². The van der Waals surface area contributed by atoms with Crippen molar-refractivity contribution in [2.75, 3.05) is 11.9 Å². The van der Waals surface area contributed by atoms with Gasteiger partial charge in [-0.3, -0.25) is 4.79 Å². The second kappa shape index (κ2) is 10.2. The van der Waals surface area contributed by atoms with Gasteiger partial charge in [-0.25, -0.2) is 4.99 Å². The van der Waals surface area contributed by atoms with Gasteiger partial charge >= 0.3 is 0 Å². The van der Waals surface area contributed by atoms with Crippen molar-refractivity contribution in [3.8, 4) is 5.75 Å². The van der Waals surface area contributed by atoms with Crippen LogP contribution in [0.4, 0.5) is 5.69 Å². The number of aromatic amines is 1. The molecule has 1 aromatic heterocycles. The Labute approximate surface area is 189 Å². The van der Waals surface area contributed by atoms with Crippen molar-refractivity contribution >= 4 is 28.5 Å². The fourth-order valence-electron chi connectivity index (χ4n) is 3.17. The van der Waals surface area contributed by atoms with E-state index in [1.54, 1.807) is 0 Å². The number of nitrogens with zero attached hydrogens (tertiary/aromatic N) is 1. The second-order valence-corrected chi connectivity index (χ2v) is 9.01. The number of aromatic nitrogens is 1. The Morgan fingerprint density at radius 1 is 1.09 bits per heavy atom. The highest BCUT2D eigenvalue weighted by atomic mass is 16.5. The van der Waals surface area contributed by atoms with Gasteiger partial charge in [-0.15, -0.1) is 0 Å². The number of guanidine groups is 1. The molecule has 7 heteroatoms. The number of aliphatic imine (C=N–C) groups is 1. The smallest absolute Gasteiger partial charge is 0.239 e. The van der Waals surface area contributed by atoms with Gasteiger partial charge in [0.05, 0.1) is 19.2 Å². The van der Waals surface area contributed by atoms with Gasteiger partial charge in [-0.2, -0.15) is 0 Å². The Morgan fingerprint density at radius 2 is 1.81 bits per heavy atom. The SMILES string of the molecule is CC(C)Oc1ccc(NC(=NCc2cc3ccccc3[nH]2)NCC(=O)NC(C)(C)C)cc1. The van der Waals surface area contributed by atoms with E-state index >= 15 is 0 Å². The normalized spacial score (nSPS) is 12.1. The zero-order valence-corrected chi connectivity index (χ0v) is 19.5. The van der Waals surface area contributed by atoms with Gasteiger partial charge in [-0.1, -0.05) is 18.2 Å². The fraction of sp³-hybridized carbons (Fsp3) is 0.360. The maximum atomic E-state index is 12.3. The summed E-state index contributed by atoms with van der Waals surface area (Å²) in [5.74, 6) is 1.23. The van der Waals surface area contributed by atoms with Gasteiger partial charge in [-0.05, 0) is 76.4 Å². The summed E-state index contributed by atoms with van der Waals surface area (Å²) in [5.41, 5.74) is 2.62. The van der Waals surface area contributed by atoms with E-state index in [0.717, 1.165) is 28.0 Å². The van der Waals surface area contributed by atoms with Crippen LogP contribution in [-0.4, -0.2) is 35.0 Å². The molecule has 1 heterocycles. The van der Waals surface area contributed by atoms with E-state index in [1.807, 2.05) is 77.1 Å². The lowest BCUT2D eigenvalue weighted by atomic mass is 10.1. The molecular weight excluding hydrogens is 402 g/mol. The quantitative estimate of drug-likeness (QED) is 0.326. The van der Waals surface area contributed by atoms with Crippen molar-refractivity contribution in [1.82, 2.24) is 15.6 Å². The summed E-state index contributed by atoms with van der Waals surface area (Å²) in [7, 11) is 0. The van der Waals surface area contributed by atoms with Crippen LogP contribution in [0, 0.1) is 0 Å². The number of amides is 1. The Morgan fingerprint density at radius 3 is 2.47 bits per heavy atom. The summed E-state index contributed by atoms with van der Waals surface area (Å²) in [5, 5.41) is 10.5. The molecule has 2 aromatic carbocycles. The van der Waals surface area contributed by atoms with Crippen molar-refractivity contribution in [3.63, 3.8) is 0 Å². The summed E-state index contributed by atoms with van der Waals surface area (Å²) in [4.78, 5) is 20.3. The van der Waals surface area contributed by atoms with E-state index in [2.05, 4.69) is 38.1 Å². The average Bonchev–Trinajstić information content (AvgIpc) is 3.12. The molecule has 3 aromatic rings. The number of anilines is 1. The molecule has 7 nitrogen and oxygen atoms in total. The molecule has 0 aliphatic carbocycles. The lowest BCUT2D eigenvalue weighted by molar-refractivity contribution is -0.121. The summed E-state index contributed by atoms with van der Waals surface area (Å²) in [6.45, 7) is 10.4. The van der Waals surface area contributed by atoms with E-state index in [4.69, 9.17) is 4.74 Å². The first kappa shape index (κ1) is 23.2. The van der Waals surface area contributed by atoms with Crippen molar-refractivity contribution in [2.45, 2.75) is 52.8 Å². The minimum absolute atomic E-state index is 0.0988. The van der Waals surface area contributed by atoms with Gasteiger partial charge in [0.2, 0.25) is 5.91 Å². The molecule has 1 amide bonds. The molecule has 3 rings (SSSR count). The average molecular weight is 436 g/mol. The molecule has 0 saturated carbocycles. The van der Waals surface area contributed by atoms with Crippen LogP contribution >= 0.6 is 0 Å². The number of ether oxygens (including phenoxy) is 1. The van der Waals surface area contributed by atoms with Crippen LogP contribution < -0.4 is 20.7 Å². The number of fused-ring (bicyclic) bond motifs is 1. The molecule has 0 spiro atoms. The van der Waals surface area contributed by atoms with Crippen LogP contribution in [-0.2, 0) is 11.3 Å². The summed E-state index contributed by atoms with van der Waals surface area (Å²) >= 11 is 0. The molecule has 0 unspecified atom stereocenters. The van der Waals surface area contributed by atoms with Gasteiger partial charge in [0.15, 0.2) is 5.96 Å². The molecule has 32 heavy (non-hydrogen) atoms. The molecule has 0 aliphatic heterocycles. The zero-order valence-electron chi connectivity index (χ0n) is 19.5. The summed E-state index contributed by atoms with van der Waals surface area (Å²) in [6, 6.07) is 17.9. The highest BCUT2D eigenvalue weighted by molar-refractivity contribution is 5.96. The number of hydrogen-bond donors (Lipinski definition) is 4. The minimum atomic E-state index is -0.292. The second-order valence-electron chi connectivity index (χ2n) is 9.01. The van der Waals surface area contributed by atoms with Crippen molar-refractivity contribution in [2.24, 2.45) is 4.99 Å². The number of rotatable bonds is 7. The number of carbonyl (C=O) groups excluding carboxylic acids is 1. The third-order valence-corrected chi connectivity index (χ3v) is 4.41. The Balaban J connectivity index is 1.72. The Kier molecular flexibility index (Phi) is 7.41. The molecule has 0 atom stereocenters.